The van der Waals surface area contributed by atoms with E-state index in [1.807, 2.05) is 56.9 Å². The molecule has 0 aromatic heterocycles. The largest absolute Gasteiger partial charge is 0.336 e. The van der Waals surface area contributed by atoms with Crippen LogP contribution in [0, 0.1) is 5.92 Å². The van der Waals surface area contributed by atoms with Crippen molar-refractivity contribution in [3.8, 4) is 0 Å². The summed E-state index contributed by atoms with van der Waals surface area (Å²) in [6, 6.07) is 7.85. The van der Waals surface area contributed by atoms with Crippen LogP contribution >= 0.6 is 11.6 Å². The van der Waals surface area contributed by atoms with Crippen LogP contribution < -0.4 is 0 Å². The quantitative estimate of drug-likeness (QED) is 0.801. The second-order valence-electron chi connectivity index (χ2n) is 4.84. The highest BCUT2D eigenvalue weighted by molar-refractivity contribution is 6.30. The molecule has 1 aromatic carbocycles. The summed E-state index contributed by atoms with van der Waals surface area (Å²) in [5.41, 5.74) is 1.11. The molecule has 94 valence electrons. The Morgan fingerprint density at radius 2 is 1.71 bits per heavy atom. The van der Waals surface area contributed by atoms with Crippen molar-refractivity contribution in [3.63, 3.8) is 0 Å². The topological polar surface area (TPSA) is 20.3 Å². The first kappa shape index (κ1) is 14.0. The lowest BCUT2D eigenvalue weighted by atomic mass is 10.1. The van der Waals surface area contributed by atoms with Crippen LogP contribution in [0.25, 0.3) is 0 Å². The first-order valence-corrected chi connectivity index (χ1v) is 6.34. The number of amides is 1. The number of carbonyl (C=O) groups is 1. The lowest BCUT2D eigenvalue weighted by Gasteiger charge is -2.28. The van der Waals surface area contributed by atoms with Crippen molar-refractivity contribution in [3.05, 3.63) is 34.9 Å². The number of hydrogen-bond donors (Lipinski definition) is 0. The summed E-state index contributed by atoms with van der Waals surface area (Å²) in [6.07, 6.45) is 0. The van der Waals surface area contributed by atoms with Gasteiger partial charge in [0.1, 0.15) is 0 Å². The maximum absolute atomic E-state index is 12.1. The van der Waals surface area contributed by atoms with Crippen molar-refractivity contribution in [2.75, 3.05) is 0 Å². The van der Waals surface area contributed by atoms with Crippen LogP contribution in [0.15, 0.2) is 24.3 Å². The predicted molar refractivity (Wildman–Crippen MR) is 72.0 cm³/mol. The van der Waals surface area contributed by atoms with E-state index in [2.05, 4.69) is 0 Å². The van der Waals surface area contributed by atoms with E-state index in [1.165, 1.54) is 0 Å². The van der Waals surface area contributed by atoms with Crippen LogP contribution in [0.1, 0.15) is 33.3 Å². The minimum Gasteiger partial charge on any atom is -0.336 e. The molecule has 0 aliphatic carbocycles. The molecule has 0 unspecified atom stereocenters. The monoisotopic (exact) mass is 253 g/mol. The Hall–Kier alpha value is -1.02. The highest BCUT2D eigenvalue weighted by Gasteiger charge is 2.19. The molecule has 0 saturated heterocycles. The Balaban J connectivity index is 2.80. The van der Waals surface area contributed by atoms with Crippen molar-refractivity contribution in [1.82, 2.24) is 4.90 Å². The molecule has 0 radical (unpaired) electrons. The van der Waals surface area contributed by atoms with Crippen molar-refractivity contribution in [2.45, 2.75) is 40.3 Å². The molecule has 0 fully saturated rings. The molecule has 17 heavy (non-hydrogen) atoms. The first-order valence-electron chi connectivity index (χ1n) is 5.96. The zero-order chi connectivity index (χ0) is 13.0. The lowest BCUT2D eigenvalue weighted by molar-refractivity contribution is -0.136. The van der Waals surface area contributed by atoms with Crippen LogP contribution in [0.5, 0.6) is 0 Å². The van der Waals surface area contributed by atoms with Gasteiger partial charge in [0.25, 0.3) is 0 Å². The van der Waals surface area contributed by atoms with Gasteiger partial charge in [0, 0.05) is 23.5 Å². The molecule has 1 amide bonds. The van der Waals surface area contributed by atoms with Gasteiger partial charge in [-0.05, 0) is 31.5 Å². The summed E-state index contributed by atoms with van der Waals surface area (Å²) < 4.78 is 0. The van der Waals surface area contributed by atoms with E-state index in [9.17, 15) is 4.79 Å². The van der Waals surface area contributed by atoms with E-state index in [4.69, 9.17) is 11.6 Å². The van der Waals surface area contributed by atoms with Gasteiger partial charge in [0.05, 0.1) is 0 Å². The highest BCUT2D eigenvalue weighted by Crippen LogP contribution is 2.15. The van der Waals surface area contributed by atoms with Crippen molar-refractivity contribution >= 4 is 17.5 Å². The molecule has 2 nitrogen and oxygen atoms in total. The number of hydrogen-bond acceptors (Lipinski definition) is 1. The van der Waals surface area contributed by atoms with Crippen molar-refractivity contribution < 1.29 is 4.79 Å². The fraction of sp³-hybridized carbons (Fsp3) is 0.500. The molecule has 1 rings (SSSR count). The highest BCUT2D eigenvalue weighted by atomic mass is 35.5. The van der Waals surface area contributed by atoms with Gasteiger partial charge < -0.3 is 4.90 Å². The SMILES string of the molecule is CC(C)C(=O)N(Cc1ccc(Cl)cc1)C(C)C. The van der Waals surface area contributed by atoms with Crippen LogP contribution in [0.4, 0.5) is 0 Å². The number of rotatable bonds is 4. The zero-order valence-electron chi connectivity index (χ0n) is 10.9. The first-order chi connectivity index (χ1) is 7.91. The Bertz CT molecular complexity index is 370. The molecule has 0 aliphatic heterocycles. The summed E-state index contributed by atoms with van der Waals surface area (Å²) in [4.78, 5) is 14.0. The Labute approximate surface area is 109 Å². The van der Waals surface area contributed by atoms with E-state index >= 15 is 0 Å². The van der Waals surface area contributed by atoms with Crippen LogP contribution in [0.3, 0.4) is 0 Å². The third-order valence-electron chi connectivity index (χ3n) is 2.67. The lowest BCUT2D eigenvalue weighted by Crippen LogP contribution is -2.38. The number of halogens is 1. The predicted octanol–water partition coefficient (Wildman–Crippen LogP) is 3.73. The Kier molecular flexibility index (Phi) is 5.01. The number of carbonyl (C=O) groups excluding carboxylic acids is 1. The molecular weight excluding hydrogens is 234 g/mol. The average Bonchev–Trinajstić information content (AvgIpc) is 2.26. The molecule has 0 atom stereocenters. The van der Waals surface area contributed by atoms with Gasteiger partial charge in [-0.2, -0.15) is 0 Å². The molecule has 0 heterocycles. The minimum absolute atomic E-state index is 0.0321. The second-order valence-corrected chi connectivity index (χ2v) is 5.28. The van der Waals surface area contributed by atoms with Gasteiger partial charge in [-0.15, -0.1) is 0 Å². The van der Waals surface area contributed by atoms with E-state index in [0.717, 1.165) is 10.6 Å². The van der Waals surface area contributed by atoms with E-state index in [0.29, 0.717) is 6.54 Å². The number of benzene rings is 1. The molecule has 0 saturated carbocycles. The van der Waals surface area contributed by atoms with E-state index in [1.54, 1.807) is 0 Å². The molecule has 0 bridgehead atoms. The standard InChI is InChI=1S/C14H20ClNO/c1-10(2)14(17)16(11(3)4)9-12-5-7-13(15)8-6-12/h5-8,10-11H,9H2,1-4H3. The maximum Gasteiger partial charge on any atom is 0.225 e. The Morgan fingerprint density at radius 1 is 1.18 bits per heavy atom. The van der Waals surface area contributed by atoms with Gasteiger partial charge >= 0.3 is 0 Å². The number of nitrogens with zero attached hydrogens (tertiary/aromatic N) is 1. The van der Waals surface area contributed by atoms with Gasteiger partial charge in [-0.1, -0.05) is 37.6 Å². The summed E-state index contributed by atoms with van der Waals surface area (Å²) in [5.74, 6) is 0.222. The van der Waals surface area contributed by atoms with Crippen molar-refractivity contribution in [2.24, 2.45) is 5.92 Å². The van der Waals surface area contributed by atoms with Crippen LogP contribution in [-0.4, -0.2) is 16.8 Å². The summed E-state index contributed by atoms with van der Waals surface area (Å²) >= 11 is 5.84. The van der Waals surface area contributed by atoms with E-state index in [-0.39, 0.29) is 17.9 Å². The van der Waals surface area contributed by atoms with Crippen LogP contribution in [-0.2, 0) is 11.3 Å². The third-order valence-corrected chi connectivity index (χ3v) is 2.92. The second kappa shape index (κ2) is 6.06. The fourth-order valence-corrected chi connectivity index (χ4v) is 1.76. The molecule has 0 N–H and O–H groups in total. The molecule has 0 aliphatic rings. The smallest absolute Gasteiger partial charge is 0.225 e. The van der Waals surface area contributed by atoms with Crippen LogP contribution in [0.2, 0.25) is 5.02 Å². The molecule has 3 heteroatoms. The minimum atomic E-state index is 0.0321. The van der Waals surface area contributed by atoms with Crippen molar-refractivity contribution in [1.29, 1.82) is 0 Å². The summed E-state index contributed by atoms with van der Waals surface area (Å²) in [5, 5.41) is 0.722. The normalized spacial score (nSPS) is 11.0. The van der Waals surface area contributed by atoms with Gasteiger partial charge in [0.2, 0.25) is 5.91 Å². The summed E-state index contributed by atoms with van der Waals surface area (Å²) in [6.45, 7) is 8.58. The summed E-state index contributed by atoms with van der Waals surface area (Å²) in [7, 11) is 0. The zero-order valence-corrected chi connectivity index (χ0v) is 11.7. The Morgan fingerprint density at radius 3 is 2.12 bits per heavy atom. The molecule has 0 spiro atoms. The third kappa shape index (κ3) is 4.04. The average molecular weight is 254 g/mol. The van der Waals surface area contributed by atoms with Gasteiger partial charge in [-0.25, -0.2) is 0 Å². The maximum atomic E-state index is 12.1. The van der Waals surface area contributed by atoms with E-state index < -0.39 is 0 Å². The van der Waals surface area contributed by atoms with Gasteiger partial charge in [0.15, 0.2) is 0 Å². The van der Waals surface area contributed by atoms with Gasteiger partial charge in [-0.3, -0.25) is 4.79 Å². The fourth-order valence-electron chi connectivity index (χ4n) is 1.63. The molecular formula is C14H20ClNO. The molecule has 1 aromatic rings.